The summed E-state index contributed by atoms with van der Waals surface area (Å²) >= 11 is 0. The Kier molecular flexibility index (Phi) is 5.65. The van der Waals surface area contributed by atoms with Gasteiger partial charge in [0, 0.05) is 12.1 Å². The average molecular weight is 367 g/mol. The summed E-state index contributed by atoms with van der Waals surface area (Å²) in [5.74, 6) is -0.139. The van der Waals surface area contributed by atoms with Crippen molar-refractivity contribution in [3.63, 3.8) is 0 Å². The maximum absolute atomic E-state index is 14.4. The molecule has 2 aromatic rings. The summed E-state index contributed by atoms with van der Waals surface area (Å²) in [4.78, 5) is 25.6. The SMILES string of the molecule is CC(C)(CF)OC(=O)N(F)c1ccccc1Oc1ccc([N+](=O)[O-])cn1. The number of amides is 1. The summed E-state index contributed by atoms with van der Waals surface area (Å²) in [6.45, 7) is 1.60. The van der Waals surface area contributed by atoms with Crippen LogP contribution < -0.4 is 9.86 Å². The van der Waals surface area contributed by atoms with Crippen LogP contribution in [0.4, 0.5) is 25.0 Å². The van der Waals surface area contributed by atoms with Crippen molar-refractivity contribution in [1.82, 2.24) is 4.98 Å². The summed E-state index contributed by atoms with van der Waals surface area (Å²) in [5.41, 5.74) is -2.03. The van der Waals surface area contributed by atoms with E-state index in [1.165, 1.54) is 44.2 Å². The first-order valence-electron chi connectivity index (χ1n) is 7.35. The summed E-state index contributed by atoms with van der Waals surface area (Å²) in [6.07, 6.45) is -0.441. The van der Waals surface area contributed by atoms with Gasteiger partial charge in [0.1, 0.15) is 24.2 Å². The molecule has 0 unspecified atom stereocenters. The molecule has 8 nitrogen and oxygen atoms in total. The zero-order valence-electron chi connectivity index (χ0n) is 13.9. The van der Waals surface area contributed by atoms with Gasteiger partial charge in [-0.15, -0.1) is 5.12 Å². The molecule has 0 bridgehead atoms. The molecule has 26 heavy (non-hydrogen) atoms. The number of carbonyl (C=O) groups excluding carboxylic acids is 1. The molecule has 1 aromatic heterocycles. The number of alkyl halides is 1. The second-order valence-corrected chi connectivity index (χ2v) is 5.72. The molecule has 1 heterocycles. The molecule has 2 rings (SSSR count). The van der Waals surface area contributed by atoms with Gasteiger partial charge in [-0.05, 0) is 26.0 Å². The molecule has 0 atom stereocenters. The predicted octanol–water partition coefficient (Wildman–Crippen LogP) is 4.36. The van der Waals surface area contributed by atoms with E-state index in [9.17, 15) is 23.8 Å². The van der Waals surface area contributed by atoms with E-state index in [-0.39, 0.29) is 28.1 Å². The van der Waals surface area contributed by atoms with Crippen LogP contribution in [0.1, 0.15) is 13.8 Å². The minimum absolute atomic E-state index is 0.0473. The number of rotatable bonds is 6. The van der Waals surface area contributed by atoms with Gasteiger partial charge in [-0.2, -0.15) is 0 Å². The molecule has 0 aliphatic heterocycles. The third kappa shape index (κ3) is 4.62. The molecule has 1 amide bonds. The van der Waals surface area contributed by atoms with E-state index in [1.807, 2.05) is 0 Å². The van der Waals surface area contributed by atoms with Gasteiger partial charge >= 0.3 is 6.09 Å². The number of nitro groups is 1. The summed E-state index contributed by atoms with van der Waals surface area (Å²) in [5, 5.41) is 10.3. The zero-order chi connectivity index (χ0) is 19.3. The second kappa shape index (κ2) is 7.72. The summed E-state index contributed by atoms with van der Waals surface area (Å²) < 4.78 is 37.2. The van der Waals surface area contributed by atoms with E-state index >= 15 is 0 Å². The third-order valence-electron chi connectivity index (χ3n) is 3.07. The van der Waals surface area contributed by atoms with Crippen LogP contribution in [0.3, 0.4) is 0 Å². The number of halogens is 2. The molecule has 0 saturated heterocycles. The van der Waals surface area contributed by atoms with E-state index in [0.29, 0.717) is 0 Å². The highest BCUT2D eigenvalue weighted by molar-refractivity contribution is 5.87. The normalized spacial score (nSPS) is 10.9. The Labute approximate surface area is 147 Å². The first-order valence-corrected chi connectivity index (χ1v) is 7.35. The number of ether oxygens (including phenoxy) is 2. The number of hydrogen-bond donors (Lipinski definition) is 0. The predicted molar refractivity (Wildman–Crippen MR) is 87.5 cm³/mol. The molecule has 1 aromatic carbocycles. The highest BCUT2D eigenvalue weighted by Crippen LogP contribution is 2.33. The third-order valence-corrected chi connectivity index (χ3v) is 3.07. The van der Waals surface area contributed by atoms with Crippen LogP contribution in [0, 0.1) is 10.1 Å². The number of benzene rings is 1. The summed E-state index contributed by atoms with van der Waals surface area (Å²) in [6, 6.07) is 7.96. The smallest absolute Gasteiger partial charge is 0.439 e. The Balaban J connectivity index is 2.21. The Morgan fingerprint density at radius 1 is 1.31 bits per heavy atom. The van der Waals surface area contributed by atoms with Gasteiger partial charge in [0.2, 0.25) is 5.88 Å². The molecule has 0 fully saturated rings. The van der Waals surface area contributed by atoms with E-state index in [0.717, 1.165) is 12.3 Å². The van der Waals surface area contributed by atoms with Crippen molar-refractivity contribution >= 4 is 17.5 Å². The van der Waals surface area contributed by atoms with Crippen molar-refractivity contribution < 1.29 is 28.1 Å². The second-order valence-electron chi connectivity index (χ2n) is 5.72. The number of anilines is 1. The standard InChI is InChI=1S/C16H15F2N3O5/c1-16(2,10-17)26-15(22)20(18)12-5-3-4-6-13(12)25-14-8-7-11(9-19-14)21(23)24/h3-9H,10H2,1-2H3. The Morgan fingerprint density at radius 3 is 2.58 bits per heavy atom. The largest absolute Gasteiger partial charge is 0.443 e. The van der Waals surface area contributed by atoms with Crippen molar-refractivity contribution in [2.24, 2.45) is 0 Å². The lowest BCUT2D eigenvalue weighted by atomic mass is 10.2. The molecule has 0 spiro atoms. The lowest BCUT2D eigenvalue weighted by molar-refractivity contribution is -0.385. The lowest BCUT2D eigenvalue weighted by Gasteiger charge is -2.23. The molecular weight excluding hydrogens is 352 g/mol. The minimum atomic E-state index is -1.49. The van der Waals surface area contributed by atoms with E-state index in [2.05, 4.69) is 4.98 Å². The maximum Gasteiger partial charge on any atom is 0.443 e. The Morgan fingerprint density at radius 2 is 2.00 bits per heavy atom. The highest BCUT2D eigenvalue weighted by atomic mass is 19.2. The van der Waals surface area contributed by atoms with Gasteiger partial charge < -0.3 is 9.47 Å². The van der Waals surface area contributed by atoms with Crippen LogP contribution in [0.5, 0.6) is 11.6 Å². The van der Waals surface area contributed by atoms with Crippen molar-refractivity contribution in [2.45, 2.75) is 19.4 Å². The van der Waals surface area contributed by atoms with Crippen LogP contribution in [0.2, 0.25) is 0 Å². The molecule has 0 N–H and O–H groups in total. The van der Waals surface area contributed by atoms with Crippen molar-refractivity contribution in [3.05, 3.63) is 52.7 Å². The number of nitrogens with zero attached hydrogens (tertiary/aromatic N) is 3. The number of carbonyl (C=O) groups is 1. The molecule has 138 valence electrons. The molecule has 10 heteroatoms. The van der Waals surface area contributed by atoms with Crippen LogP contribution in [0.15, 0.2) is 42.6 Å². The van der Waals surface area contributed by atoms with Gasteiger partial charge in [0.25, 0.3) is 5.69 Å². The fraction of sp³-hybridized carbons (Fsp3) is 0.250. The van der Waals surface area contributed by atoms with E-state index < -0.39 is 23.3 Å². The lowest BCUT2D eigenvalue weighted by Crippen LogP contribution is -2.35. The van der Waals surface area contributed by atoms with Crippen LogP contribution >= 0.6 is 0 Å². The zero-order valence-corrected chi connectivity index (χ0v) is 13.9. The van der Waals surface area contributed by atoms with E-state index in [4.69, 9.17) is 9.47 Å². The highest BCUT2D eigenvalue weighted by Gasteiger charge is 2.29. The number of para-hydroxylation sites is 2. The van der Waals surface area contributed by atoms with Gasteiger partial charge in [-0.1, -0.05) is 16.6 Å². The average Bonchev–Trinajstić information content (AvgIpc) is 2.61. The fourth-order valence-electron chi connectivity index (χ4n) is 1.76. The van der Waals surface area contributed by atoms with Crippen LogP contribution in [-0.4, -0.2) is 28.3 Å². The first kappa shape index (κ1) is 19.0. The molecule has 0 aliphatic rings. The maximum atomic E-state index is 14.4. The number of hydrogen-bond acceptors (Lipinski definition) is 6. The van der Waals surface area contributed by atoms with Crippen LogP contribution in [-0.2, 0) is 4.74 Å². The monoisotopic (exact) mass is 367 g/mol. The first-order chi connectivity index (χ1) is 12.2. The molecule has 0 aliphatic carbocycles. The van der Waals surface area contributed by atoms with Crippen molar-refractivity contribution in [2.75, 3.05) is 11.8 Å². The quantitative estimate of drug-likeness (QED) is 0.428. The van der Waals surface area contributed by atoms with Gasteiger partial charge in [0.15, 0.2) is 5.75 Å². The van der Waals surface area contributed by atoms with Crippen molar-refractivity contribution in [1.29, 1.82) is 0 Å². The molecular formula is C16H15F2N3O5. The Bertz CT molecular complexity index is 799. The van der Waals surface area contributed by atoms with Crippen molar-refractivity contribution in [3.8, 4) is 11.6 Å². The van der Waals surface area contributed by atoms with E-state index in [1.54, 1.807) is 0 Å². The number of pyridine rings is 1. The number of aromatic nitrogens is 1. The van der Waals surface area contributed by atoms with Gasteiger partial charge in [-0.3, -0.25) is 10.1 Å². The molecule has 0 radical (unpaired) electrons. The summed E-state index contributed by atoms with van der Waals surface area (Å²) in [7, 11) is 0. The topological polar surface area (TPSA) is 94.8 Å². The Hall–Kier alpha value is -3.30. The van der Waals surface area contributed by atoms with Gasteiger partial charge in [0.05, 0.1) is 4.92 Å². The fourth-order valence-corrected chi connectivity index (χ4v) is 1.76. The minimum Gasteiger partial charge on any atom is -0.439 e. The van der Waals surface area contributed by atoms with Gasteiger partial charge in [-0.25, -0.2) is 14.2 Å². The molecule has 0 saturated carbocycles. The van der Waals surface area contributed by atoms with Crippen LogP contribution in [0.25, 0.3) is 0 Å².